The first-order valence-electron chi connectivity index (χ1n) is 6.77. The summed E-state index contributed by atoms with van der Waals surface area (Å²) in [6, 6.07) is 6.62. The fraction of sp³-hybridized carbons (Fsp3) is 0.200. The normalized spacial score (nSPS) is 13.6. The number of pyridine rings is 1. The number of nitrogens with zero attached hydrogens (tertiary/aromatic N) is 2. The summed E-state index contributed by atoms with van der Waals surface area (Å²) in [6.07, 6.45) is 2.54. The molecule has 0 bridgehead atoms. The number of nitrogens with two attached hydrogens (primary N) is 1. The molecule has 1 aliphatic heterocycles. The van der Waals surface area contributed by atoms with Crippen LogP contribution in [0.3, 0.4) is 0 Å². The van der Waals surface area contributed by atoms with Gasteiger partial charge in [-0.15, -0.1) is 0 Å². The predicted molar refractivity (Wildman–Crippen MR) is 88.2 cm³/mol. The smallest absolute Gasteiger partial charge is 0.322 e. The zero-order chi connectivity index (χ0) is 15.7. The van der Waals surface area contributed by atoms with Crippen molar-refractivity contribution in [2.24, 2.45) is 0 Å². The number of nitrogens with one attached hydrogen (secondary N) is 1. The second kappa shape index (κ2) is 6.02. The number of halogens is 2. The lowest BCUT2D eigenvalue weighted by Crippen LogP contribution is -2.39. The summed E-state index contributed by atoms with van der Waals surface area (Å²) in [5, 5.41) is 3.68. The molecule has 2 amide bonds. The van der Waals surface area contributed by atoms with Gasteiger partial charge in [-0.2, -0.15) is 0 Å². The first-order valence-corrected chi connectivity index (χ1v) is 7.53. The Bertz CT molecular complexity index is 735. The van der Waals surface area contributed by atoms with Gasteiger partial charge in [0, 0.05) is 25.0 Å². The highest BCUT2D eigenvalue weighted by atomic mass is 35.5. The van der Waals surface area contributed by atoms with Crippen molar-refractivity contribution in [2.45, 2.75) is 13.0 Å². The minimum absolute atomic E-state index is 0.181. The first-order chi connectivity index (χ1) is 10.5. The van der Waals surface area contributed by atoms with Crippen molar-refractivity contribution in [3.8, 4) is 0 Å². The number of amides is 2. The molecule has 3 rings (SSSR count). The number of hydrogen-bond acceptors (Lipinski definition) is 3. The molecule has 2 aromatic rings. The van der Waals surface area contributed by atoms with Crippen molar-refractivity contribution in [1.82, 2.24) is 9.88 Å². The molecule has 0 spiro atoms. The zero-order valence-corrected chi connectivity index (χ0v) is 13.2. The largest absolute Gasteiger partial charge is 0.384 e. The van der Waals surface area contributed by atoms with E-state index in [-0.39, 0.29) is 6.03 Å². The summed E-state index contributed by atoms with van der Waals surface area (Å²) in [5.74, 6) is 0.463. The van der Waals surface area contributed by atoms with Crippen molar-refractivity contribution in [2.75, 3.05) is 17.6 Å². The Morgan fingerprint density at radius 2 is 2.05 bits per heavy atom. The molecule has 5 nitrogen and oxygen atoms in total. The van der Waals surface area contributed by atoms with Gasteiger partial charge in [0.1, 0.15) is 5.82 Å². The molecule has 0 aliphatic carbocycles. The minimum atomic E-state index is -0.181. The van der Waals surface area contributed by atoms with Crippen LogP contribution in [-0.2, 0) is 13.0 Å². The molecular weight excluding hydrogens is 323 g/mol. The summed E-state index contributed by atoms with van der Waals surface area (Å²) >= 11 is 11.8. The van der Waals surface area contributed by atoms with E-state index in [1.807, 2.05) is 6.07 Å². The van der Waals surface area contributed by atoms with Crippen LogP contribution >= 0.6 is 23.2 Å². The van der Waals surface area contributed by atoms with E-state index in [9.17, 15) is 4.79 Å². The summed E-state index contributed by atoms with van der Waals surface area (Å²) in [7, 11) is 0. The van der Waals surface area contributed by atoms with E-state index in [0.29, 0.717) is 34.6 Å². The highest BCUT2D eigenvalue weighted by Gasteiger charge is 2.21. The molecule has 0 unspecified atom stereocenters. The summed E-state index contributed by atoms with van der Waals surface area (Å²) < 4.78 is 0. The van der Waals surface area contributed by atoms with Gasteiger partial charge >= 0.3 is 6.03 Å². The van der Waals surface area contributed by atoms with Gasteiger partial charge in [-0.05, 0) is 41.8 Å². The molecule has 0 atom stereocenters. The van der Waals surface area contributed by atoms with Crippen LogP contribution in [-0.4, -0.2) is 22.5 Å². The summed E-state index contributed by atoms with van der Waals surface area (Å²) in [6.45, 7) is 1.14. The van der Waals surface area contributed by atoms with E-state index in [2.05, 4.69) is 10.3 Å². The second-order valence-corrected chi connectivity index (χ2v) is 5.92. The van der Waals surface area contributed by atoms with Gasteiger partial charge < -0.3 is 16.0 Å². The van der Waals surface area contributed by atoms with Crippen molar-refractivity contribution >= 4 is 40.7 Å². The van der Waals surface area contributed by atoms with Crippen LogP contribution in [0.25, 0.3) is 0 Å². The molecule has 3 N–H and O–H groups in total. The molecule has 114 valence electrons. The van der Waals surface area contributed by atoms with Crippen LogP contribution < -0.4 is 11.1 Å². The van der Waals surface area contributed by atoms with Crippen molar-refractivity contribution < 1.29 is 4.79 Å². The molecule has 0 saturated carbocycles. The highest BCUT2D eigenvalue weighted by molar-refractivity contribution is 6.42. The average Bonchev–Trinajstić information content (AvgIpc) is 2.50. The van der Waals surface area contributed by atoms with E-state index in [1.54, 1.807) is 29.3 Å². The second-order valence-electron chi connectivity index (χ2n) is 5.11. The summed E-state index contributed by atoms with van der Waals surface area (Å²) in [4.78, 5) is 18.2. The maximum absolute atomic E-state index is 12.4. The molecule has 1 aliphatic rings. The fourth-order valence-corrected chi connectivity index (χ4v) is 2.70. The van der Waals surface area contributed by atoms with Crippen LogP contribution in [0.4, 0.5) is 16.3 Å². The lowest BCUT2D eigenvalue weighted by atomic mass is 10.0. The standard InChI is InChI=1S/C15H14Cl2N4O/c16-12-2-1-11(6-13(12)17)20-15(22)21-4-3-9-7-19-14(18)5-10(9)8-21/h1-2,5-7H,3-4,8H2,(H2,18,19)(H,20,22). The van der Waals surface area contributed by atoms with Gasteiger partial charge in [-0.25, -0.2) is 9.78 Å². The maximum atomic E-state index is 12.4. The Kier molecular flexibility index (Phi) is 4.09. The number of fused-ring (bicyclic) bond motifs is 1. The molecule has 0 fully saturated rings. The Morgan fingerprint density at radius 1 is 1.23 bits per heavy atom. The third kappa shape index (κ3) is 3.10. The van der Waals surface area contributed by atoms with Gasteiger partial charge in [0.2, 0.25) is 0 Å². The van der Waals surface area contributed by atoms with E-state index >= 15 is 0 Å². The van der Waals surface area contributed by atoms with Crippen LogP contribution in [0.15, 0.2) is 30.5 Å². The molecule has 0 saturated heterocycles. The third-order valence-electron chi connectivity index (χ3n) is 3.57. The third-order valence-corrected chi connectivity index (χ3v) is 4.31. The fourth-order valence-electron chi connectivity index (χ4n) is 2.41. The van der Waals surface area contributed by atoms with Crippen LogP contribution in [0.1, 0.15) is 11.1 Å². The number of anilines is 2. The minimum Gasteiger partial charge on any atom is -0.384 e. The Morgan fingerprint density at radius 3 is 2.82 bits per heavy atom. The quantitative estimate of drug-likeness (QED) is 0.836. The van der Waals surface area contributed by atoms with Gasteiger partial charge in [0.15, 0.2) is 0 Å². The Labute approximate surface area is 138 Å². The number of nitrogen functional groups attached to an aromatic ring is 1. The Balaban J connectivity index is 1.72. The molecule has 7 heteroatoms. The van der Waals surface area contributed by atoms with Crippen molar-refractivity contribution in [1.29, 1.82) is 0 Å². The van der Waals surface area contributed by atoms with Crippen molar-refractivity contribution in [3.63, 3.8) is 0 Å². The van der Waals surface area contributed by atoms with Gasteiger partial charge in [-0.1, -0.05) is 23.2 Å². The van der Waals surface area contributed by atoms with Gasteiger partial charge in [0.25, 0.3) is 0 Å². The molecule has 22 heavy (non-hydrogen) atoms. The first kappa shape index (κ1) is 14.9. The van der Waals surface area contributed by atoms with E-state index in [0.717, 1.165) is 17.5 Å². The molecule has 2 heterocycles. The Hall–Kier alpha value is -1.98. The monoisotopic (exact) mass is 336 g/mol. The number of rotatable bonds is 1. The van der Waals surface area contributed by atoms with Gasteiger partial charge in [0.05, 0.1) is 10.0 Å². The number of hydrogen-bond donors (Lipinski definition) is 2. The number of carbonyl (C=O) groups is 1. The molecule has 1 aromatic heterocycles. The topological polar surface area (TPSA) is 71.2 Å². The number of benzene rings is 1. The van der Waals surface area contributed by atoms with E-state index in [4.69, 9.17) is 28.9 Å². The van der Waals surface area contributed by atoms with Crippen LogP contribution in [0, 0.1) is 0 Å². The lowest BCUT2D eigenvalue weighted by molar-refractivity contribution is 0.206. The van der Waals surface area contributed by atoms with E-state index < -0.39 is 0 Å². The zero-order valence-electron chi connectivity index (χ0n) is 11.6. The van der Waals surface area contributed by atoms with Crippen molar-refractivity contribution in [3.05, 3.63) is 51.6 Å². The SMILES string of the molecule is Nc1cc2c(cn1)CCN(C(=O)Nc1ccc(Cl)c(Cl)c1)C2. The van der Waals surface area contributed by atoms with E-state index in [1.165, 1.54) is 0 Å². The predicted octanol–water partition coefficient (Wildman–Crippen LogP) is 3.56. The highest BCUT2D eigenvalue weighted by Crippen LogP contribution is 2.26. The number of carbonyl (C=O) groups excluding carboxylic acids is 1. The molecule has 0 radical (unpaired) electrons. The molecular formula is C15H14Cl2N4O. The number of urea groups is 1. The lowest BCUT2D eigenvalue weighted by Gasteiger charge is -2.28. The van der Waals surface area contributed by atoms with Crippen LogP contribution in [0.2, 0.25) is 10.0 Å². The molecule has 1 aromatic carbocycles. The van der Waals surface area contributed by atoms with Crippen LogP contribution in [0.5, 0.6) is 0 Å². The van der Waals surface area contributed by atoms with Gasteiger partial charge in [-0.3, -0.25) is 0 Å². The summed E-state index contributed by atoms with van der Waals surface area (Å²) in [5.41, 5.74) is 8.47. The average molecular weight is 337 g/mol. The number of aromatic nitrogens is 1. The maximum Gasteiger partial charge on any atom is 0.322 e.